The fourth-order valence-electron chi connectivity index (χ4n) is 2.96. The molecule has 1 aliphatic carbocycles. The minimum Gasteiger partial charge on any atom is -0.490 e. The number of H-pyrrole nitrogens is 1. The summed E-state index contributed by atoms with van der Waals surface area (Å²) < 4.78 is 29.6. The highest BCUT2D eigenvalue weighted by molar-refractivity contribution is 7.97. The van der Waals surface area contributed by atoms with E-state index >= 15 is 0 Å². The predicted molar refractivity (Wildman–Crippen MR) is 114 cm³/mol. The van der Waals surface area contributed by atoms with Crippen molar-refractivity contribution in [3.8, 4) is 11.6 Å². The molecule has 1 fully saturated rings. The normalized spacial score (nSPS) is 14.7. The molecule has 6 nitrogen and oxygen atoms in total. The molecule has 0 radical (unpaired) electrons. The molecule has 1 heterocycles. The van der Waals surface area contributed by atoms with Crippen LogP contribution < -0.4 is 19.9 Å². The molecule has 1 aromatic heterocycles. The summed E-state index contributed by atoms with van der Waals surface area (Å²) in [5.41, 5.74) is 0.886. The van der Waals surface area contributed by atoms with Gasteiger partial charge in [-0.3, -0.25) is 14.3 Å². The molecule has 2 N–H and O–H groups in total. The maximum absolute atomic E-state index is 13.9. The van der Waals surface area contributed by atoms with Gasteiger partial charge in [-0.2, -0.15) is 0 Å². The number of aryl methyl sites for hydroxylation is 1. The first kappa shape index (κ1) is 21.8. The van der Waals surface area contributed by atoms with Crippen LogP contribution >= 0.6 is 11.9 Å². The average Bonchev–Trinajstić information content (AvgIpc) is 3.48. The molecule has 1 unspecified atom stereocenters. The van der Waals surface area contributed by atoms with Gasteiger partial charge in [0.25, 0.3) is 0 Å². The number of methoxy groups -OCH3 is 1. The van der Waals surface area contributed by atoms with Crippen molar-refractivity contribution in [1.29, 1.82) is 0 Å². The van der Waals surface area contributed by atoms with Gasteiger partial charge in [0, 0.05) is 18.3 Å². The molecular formula is C21H30FN3O3S. The first-order valence-electron chi connectivity index (χ1n) is 10.2. The Kier molecular flexibility index (Phi) is 8.06. The number of ether oxygens (including phenoxy) is 2. The fraction of sp³-hybridized carbons (Fsp3) is 0.571. The maximum atomic E-state index is 13.9. The molecule has 160 valence electrons. The zero-order valence-electron chi connectivity index (χ0n) is 17.1. The van der Waals surface area contributed by atoms with Crippen molar-refractivity contribution >= 4 is 11.9 Å². The summed E-state index contributed by atoms with van der Waals surface area (Å²) in [6, 6.07) is 5.20. The van der Waals surface area contributed by atoms with Gasteiger partial charge in [-0.15, -0.1) is 0 Å². The van der Waals surface area contributed by atoms with Crippen LogP contribution in [0.1, 0.15) is 50.6 Å². The van der Waals surface area contributed by atoms with Crippen molar-refractivity contribution in [2.75, 3.05) is 19.5 Å². The molecule has 0 aliphatic heterocycles. The smallest absolute Gasteiger partial charge is 0.328 e. The molecule has 0 saturated heterocycles. The van der Waals surface area contributed by atoms with E-state index in [1.165, 1.54) is 26.0 Å². The molecule has 29 heavy (non-hydrogen) atoms. The maximum Gasteiger partial charge on any atom is 0.328 e. The summed E-state index contributed by atoms with van der Waals surface area (Å²) in [6.45, 7) is 3.36. The van der Waals surface area contributed by atoms with Crippen molar-refractivity contribution in [2.45, 2.75) is 51.6 Å². The second kappa shape index (κ2) is 10.7. The van der Waals surface area contributed by atoms with Gasteiger partial charge in [0.05, 0.1) is 19.9 Å². The Morgan fingerprint density at radius 2 is 2.17 bits per heavy atom. The quantitative estimate of drug-likeness (QED) is 0.372. The summed E-state index contributed by atoms with van der Waals surface area (Å²) in [7, 11) is 1.54. The molecule has 2 aromatic rings. The predicted octanol–water partition coefficient (Wildman–Crippen LogP) is 4.28. The lowest BCUT2D eigenvalue weighted by atomic mass is 10.1. The first-order valence-corrected chi connectivity index (χ1v) is 11.2. The van der Waals surface area contributed by atoms with E-state index in [4.69, 9.17) is 9.47 Å². The number of aromatic nitrogens is 2. The van der Waals surface area contributed by atoms with Crippen molar-refractivity contribution in [1.82, 2.24) is 14.3 Å². The Bertz CT molecular complexity index is 835. The van der Waals surface area contributed by atoms with E-state index in [2.05, 4.69) is 16.6 Å². The molecule has 1 atom stereocenters. The summed E-state index contributed by atoms with van der Waals surface area (Å²) >= 11 is 1.67. The summed E-state index contributed by atoms with van der Waals surface area (Å²) in [6.07, 6.45) is 7.11. The Hall–Kier alpha value is -1.93. The van der Waals surface area contributed by atoms with Crippen LogP contribution in [0.2, 0.25) is 0 Å². The largest absolute Gasteiger partial charge is 0.490 e. The Morgan fingerprint density at radius 3 is 2.90 bits per heavy atom. The number of hydrogen-bond acceptors (Lipinski definition) is 5. The van der Waals surface area contributed by atoms with Crippen molar-refractivity contribution in [3.05, 3.63) is 46.3 Å². The highest BCUT2D eigenvalue weighted by Crippen LogP contribution is 2.31. The number of halogens is 1. The van der Waals surface area contributed by atoms with E-state index in [0.29, 0.717) is 30.7 Å². The van der Waals surface area contributed by atoms with Crippen LogP contribution in [0.4, 0.5) is 4.39 Å². The Morgan fingerprint density at radius 1 is 1.34 bits per heavy atom. The molecule has 0 bridgehead atoms. The number of imidazole rings is 1. The Labute approximate surface area is 175 Å². The van der Waals surface area contributed by atoms with Crippen LogP contribution in [0, 0.1) is 11.7 Å². The number of benzene rings is 1. The molecule has 8 heteroatoms. The molecule has 3 rings (SSSR count). The van der Waals surface area contributed by atoms with Gasteiger partial charge in [-0.05, 0) is 56.2 Å². The first-order chi connectivity index (χ1) is 14.1. The number of nitrogens with zero attached hydrogens (tertiary/aromatic N) is 1. The van der Waals surface area contributed by atoms with Crippen LogP contribution in [-0.4, -0.2) is 29.0 Å². The third kappa shape index (κ3) is 6.82. The number of hydrogen-bond donors (Lipinski definition) is 2. The number of nitrogens with one attached hydrogen (secondary N) is 2. The van der Waals surface area contributed by atoms with Gasteiger partial charge in [0.2, 0.25) is 5.88 Å². The average molecular weight is 424 g/mol. The van der Waals surface area contributed by atoms with Crippen molar-refractivity contribution in [3.63, 3.8) is 0 Å². The minimum atomic E-state index is -0.298. The number of aromatic amines is 1. The van der Waals surface area contributed by atoms with Gasteiger partial charge in [-0.1, -0.05) is 24.4 Å². The summed E-state index contributed by atoms with van der Waals surface area (Å²) in [5, 5.41) is 0. The number of unbranched alkanes of at least 4 members (excludes halogenated alkanes) is 2. The van der Waals surface area contributed by atoms with E-state index in [1.807, 2.05) is 0 Å². The van der Waals surface area contributed by atoms with E-state index in [0.717, 1.165) is 30.6 Å². The highest BCUT2D eigenvalue weighted by atomic mass is 32.2. The van der Waals surface area contributed by atoms with E-state index in [-0.39, 0.29) is 17.5 Å². The topological polar surface area (TPSA) is 68.3 Å². The summed E-state index contributed by atoms with van der Waals surface area (Å²) in [5.74, 6) is 2.12. The van der Waals surface area contributed by atoms with Crippen molar-refractivity contribution in [2.24, 2.45) is 5.92 Å². The van der Waals surface area contributed by atoms with Gasteiger partial charge >= 0.3 is 5.69 Å². The SMILES string of the molecule is COc1cn(CCCCCSNC(C)c2ccc(F)c(OCC3CC3)c2)c(=O)[nH]1. The van der Waals surface area contributed by atoms with E-state index < -0.39 is 0 Å². The van der Waals surface area contributed by atoms with E-state index in [1.54, 1.807) is 34.8 Å². The second-order valence-corrected chi connectivity index (χ2v) is 8.45. The lowest BCUT2D eigenvalue weighted by Gasteiger charge is -2.15. The zero-order chi connectivity index (χ0) is 20.6. The van der Waals surface area contributed by atoms with Gasteiger partial charge in [0.15, 0.2) is 11.6 Å². The fourth-order valence-corrected chi connectivity index (χ4v) is 3.81. The molecule has 0 amide bonds. The molecule has 1 aliphatic rings. The molecule has 1 saturated carbocycles. The molecule has 1 aromatic carbocycles. The van der Waals surface area contributed by atoms with Gasteiger partial charge in [0.1, 0.15) is 0 Å². The lowest BCUT2D eigenvalue weighted by molar-refractivity contribution is 0.285. The molecular weight excluding hydrogens is 393 g/mol. The van der Waals surface area contributed by atoms with Crippen molar-refractivity contribution < 1.29 is 13.9 Å². The highest BCUT2D eigenvalue weighted by Gasteiger charge is 2.22. The van der Waals surface area contributed by atoms with Gasteiger partial charge in [-0.25, -0.2) is 9.18 Å². The van der Waals surface area contributed by atoms with Crippen LogP contribution in [0.3, 0.4) is 0 Å². The Balaban J connectivity index is 1.32. The van der Waals surface area contributed by atoms with Crippen LogP contribution in [-0.2, 0) is 6.54 Å². The van der Waals surface area contributed by atoms with Crippen LogP contribution in [0.25, 0.3) is 0 Å². The number of rotatable bonds is 13. The zero-order valence-corrected chi connectivity index (χ0v) is 17.9. The van der Waals surface area contributed by atoms with E-state index in [9.17, 15) is 9.18 Å². The monoisotopic (exact) mass is 423 g/mol. The molecule has 0 spiro atoms. The van der Waals surface area contributed by atoms with Crippen LogP contribution in [0.5, 0.6) is 11.6 Å². The third-order valence-electron chi connectivity index (χ3n) is 5.02. The third-order valence-corrected chi connectivity index (χ3v) is 6.03. The second-order valence-electron chi connectivity index (χ2n) is 7.51. The minimum absolute atomic E-state index is 0.106. The van der Waals surface area contributed by atoms with Gasteiger partial charge < -0.3 is 9.47 Å². The van der Waals surface area contributed by atoms with Crippen LogP contribution in [0.15, 0.2) is 29.2 Å². The standard InChI is InChI=1S/C21H30FN3O3S/c1-15(17-8-9-18(22)19(12-17)28-14-16-6-7-16)24-29-11-5-3-4-10-25-13-20(27-2)23-21(25)26/h8-9,12-13,15-16,24H,3-7,10-11,14H2,1-2H3,(H,23,26). The summed E-state index contributed by atoms with van der Waals surface area (Å²) in [4.78, 5) is 14.3. The lowest BCUT2D eigenvalue weighted by Crippen LogP contribution is -2.16.